The van der Waals surface area contributed by atoms with Gasteiger partial charge >= 0.3 is 6.18 Å². The molecule has 0 saturated carbocycles. The van der Waals surface area contributed by atoms with Gasteiger partial charge in [-0.05, 0) is 57.9 Å². The van der Waals surface area contributed by atoms with Crippen LogP contribution >= 0.6 is 27.3 Å². The zero-order valence-corrected chi connectivity index (χ0v) is 19.4. The average Bonchev–Trinajstić information content (AvgIpc) is 3.19. The summed E-state index contributed by atoms with van der Waals surface area (Å²) >= 11 is 4.59. The van der Waals surface area contributed by atoms with E-state index in [9.17, 15) is 18.0 Å². The molecule has 0 saturated heterocycles. The van der Waals surface area contributed by atoms with Crippen LogP contribution in [0.25, 0.3) is 0 Å². The zero-order valence-electron chi connectivity index (χ0n) is 17.0. The van der Waals surface area contributed by atoms with Gasteiger partial charge in [-0.1, -0.05) is 18.7 Å². The highest BCUT2D eigenvalue weighted by molar-refractivity contribution is 9.10. The second-order valence-corrected chi connectivity index (χ2v) is 8.32. The highest BCUT2D eigenvalue weighted by Crippen LogP contribution is 2.32. The molecule has 0 spiro atoms. The Kier molecular flexibility index (Phi) is 8.23. The van der Waals surface area contributed by atoms with Gasteiger partial charge in [-0.2, -0.15) is 18.3 Å². The third-order valence-corrected chi connectivity index (χ3v) is 5.48. The van der Waals surface area contributed by atoms with E-state index in [0.717, 1.165) is 22.2 Å². The number of anilines is 2. The van der Waals surface area contributed by atoms with Crippen molar-refractivity contribution in [3.63, 3.8) is 0 Å². The van der Waals surface area contributed by atoms with Crippen molar-refractivity contribution in [2.45, 2.75) is 12.6 Å². The van der Waals surface area contributed by atoms with Gasteiger partial charge in [-0.15, -0.1) is 11.3 Å². The van der Waals surface area contributed by atoms with Crippen molar-refractivity contribution in [3.8, 4) is 5.75 Å². The van der Waals surface area contributed by atoms with Gasteiger partial charge in [0.25, 0.3) is 0 Å². The van der Waals surface area contributed by atoms with E-state index in [4.69, 9.17) is 4.74 Å². The maximum Gasteiger partial charge on any atom is 0.416 e. The van der Waals surface area contributed by atoms with E-state index in [1.165, 1.54) is 29.7 Å². The standard InChI is InChI=1S/C22H18BrF3N4O2S/c1-2-8-32-19-7-6-14(9-18(19)23)12-27-30-20(31)11-17-13-33-21(29-17)28-16-5-3-4-15(10-16)22(24,25)26/h2-7,9-10,12-13H,1,8,11H2,(H,28,29)(H,30,31)/b27-12-. The molecule has 1 heterocycles. The van der Waals surface area contributed by atoms with E-state index in [2.05, 4.69) is 43.3 Å². The lowest BCUT2D eigenvalue weighted by Crippen LogP contribution is -2.19. The van der Waals surface area contributed by atoms with Crippen LogP contribution < -0.4 is 15.5 Å². The number of hydrogen-bond donors (Lipinski definition) is 2. The molecule has 172 valence electrons. The van der Waals surface area contributed by atoms with Gasteiger partial charge in [-0.25, -0.2) is 10.4 Å². The Bertz CT molecular complexity index is 1160. The Balaban J connectivity index is 1.53. The predicted octanol–water partition coefficient (Wildman–Crippen LogP) is 5.93. The minimum atomic E-state index is -4.43. The lowest BCUT2D eigenvalue weighted by molar-refractivity contribution is -0.137. The Labute approximate surface area is 200 Å². The Hall–Kier alpha value is -3.18. The number of alkyl halides is 3. The van der Waals surface area contributed by atoms with Gasteiger partial charge in [0.1, 0.15) is 12.4 Å². The van der Waals surface area contributed by atoms with Gasteiger partial charge < -0.3 is 10.1 Å². The number of rotatable bonds is 9. The van der Waals surface area contributed by atoms with Gasteiger partial charge in [-0.3, -0.25) is 4.79 Å². The van der Waals surface area contributed by atoms with E-state index in [0.29, 0.717) is 23.2 Å². The monoisotopic (exact) mass is 538 g/mol. The van der Waals surface area contributed by atoms with Crippen molar-refractivity contribution in [1.29, 1.82) is 0 Å². The summed E-state index contributed by atoms with van der Waals surface area (Å²) in [5.74, 6) is 0.279. The number of amides is 1. The predicted molar refractivity (Wildman–Crippen MR) is 126 cm³/mol. The van der Waals surface area contributed by atoms with Crippen LogP contribution in [0.4, 0.5) is 24.0 Å². The summed E-state index contributed by atoms with van der Waals surface area (Å²) in [6, 6.07) is 10.2. The van der Waals surface area contributed by atoms with Crippen molar-refractivity contribution in [2.24, 2.45) is 5.10 Å². The minimum Gasteiger partial charge on any atom is -0.488 e. The van der Waals surface area contributed by atoms with Crippen molar-refractivity contribution in [2.75, 3.05) is 11.9 Å². The van der Waals surface area contributed by atoms with Crippen molar-refractivity contribution < 1.29 is 22.7 Å². The molecule has 1 amide bonds. The first-order valence-corrected chi connectivity index (χ1v) is 11.2. The molecule has 6 nitrogen and oxygen atoms in total. The number of hydrazone groups is 1. The number of carbonyl (C=O) groups is 1. The molecule has 0 unspecified atom stereocenters. The lowest BCUT2D eigenvalue weighted by atomic mass is 10.2. The SMILES string of the molecule is C=CCOc1ccc(/C=N\NC(=O)Cc2csc(Nc3cccc(C(F)(F)F)c3)n2)cc1Br. The van der Waals surface area contributed by atoms with Crippen LogP contribution in [-0.2, 0) is 17.4 Å². The highest BCUT2D eigenvalue weighted by Gasteiger charge is 2.30. The maximum absolute atomic E-state index is 12.8. The van der Waals surface area contributed by atoms with Gasteiger partial charge in [0, 0.05) is 11.1 Å². The molecule has 3 aromatic rings. The number of aromatic nitrogens is 1. The fourth-order valence-corrected chi connectivity index (χ4v) is 3.83. The van der Waals surface area contributed by atoms with Crippen LogP contribution in [0.1, 0.15) is 16.8 Å². The van der Waals surface area contributed by atoms with E-state index >= 15 is 0 Å². The smallest absolute Gasteiger partial charge is 0.416 e. The molecule has 0 radical (unpaired) electrons. The van der Waals surface area contributed by atoms with Gasteiger partial charge in [0.2, 0.25) is 5.91 Å². The summed E-state index contributed by atoms with van der Waals surface area (Å²) in [4.78, 5) is 16.4. The molecule has 2 N–H and O–H groups in total. The minimum absolute atomic E-state index is 0.0316. The van der Waals surface area contributed by atoms with Crippen LogP contribution in [0.2, 0.25) is 0 Å². The van der Waals surface area contributed by atoms with E-state index in [-0.39, 0.29) is 18.0 Å². The normalized spacial score (nSPS) is 11.4. The summed E-state index contributed by atoms with van der Waals surface area (Å²) < 4.78 is 44.7. The third-order valence-electron chi connectivity index (χ3n) is 4.05. The van der Waals surface area contributed by atoms with Gasteiger partial charge in [0.15, 0.2) is 5.13 Å². The molecule has 11 heteroatoms. The van der Waals surface area contributed by atoms with E-state index in [1.54, 1.807) is 29.7 Å². The molecule has 1 aromatic heterocycles. The molecular weight excluding hydrogens is 521 g/mol. The highest BCUT2D eigenvalue weighted by atomic mass is 79.9. The van der Waals surface area contributed by atoms with E-state index in [1.807, 2.05) is 0 Å². The third kappa shape index (κ3) is 7.43. The number of carbonyl (C=O) groups excluding carboxylic acids is 1. The largest absolute Gasteiger partial charge is 0.488 e. The number of nitrogens with one attached hydrogen (secondary N) is 2. The molecular formula is C22H18BrF3N4O2S. The number of hydrogen-bond acceptors (Lipinski definition) is 6. The van der Waals surface area contributed by atoms with Crippen LogP contribution in [0.5, 0.6) is 5.75 Å². The molecule has 0 atom stereocenters. The van der Waals surface area contributed by atoms with Crippen LogP contribution in [0, 0.1) is 0 Å². The summed E-state index contributed by atoms with van der Waals surface area (Å²) in [6.07, 6.45) is -1.33. The number of nitrogens with zero attached hydrogens (tertiary/aromatic N) is 2. The number of benzene rings is 2. The first kappa shape index (κ1) is 24.5. The Morgan fingerprint density at radius 3 is 2.82 bits per heavy atom. The molecule has 0 aliphatic heterocycles. The summed E-state index contributed by atoms with van der Waals surface area (Å²) in [7, 11) is 0. The van der Waals surface area contributed by atoms with Crippen LogP contribution in [-0.4, -0.2) is 23.7 Å². The quantitative estimate of drug-likeness (QED) is 0.201. The van der Waals surface area contributed by atoms with E-state index < -0.39 is 11.7 Å². The second-order valence-electron chi connectivity index (χ2n) is 6.61. The van der Waals surface area contributed by atoms with Crippen molar-refractivity contribution in [3.05, 3.63) is 81.8 Å². The Morgan fingerprint density at radius 1 is 1.27 bits per heavy atom. The molecule has 0 fully saturated rings. The molecule has 3 rings (SSSR count). The second kappa shape index (κ2) is 11.1. The summed E-state index contributed by atoms with van der Waals surface area (Å²) in [6.45, 7) is 3.98. The van der Waals surface area contributed by atoms with Crippen LogP contribution in [0.3, 0.4) is 0 Å². The fourth-order valence-electron chi connectivity index (χ4n) is 2.59. The van der Waals surface area contributed by atoms with Crippen molar-refractivity contribution >= 4 is 50.2 Å². The fraction of sp³-hybridized carbons (Fsp3) is 0.136. The molecule has 33 heavy (non-hydrogen) atoms. The molecule has 2 aromatic carbocycles. The number of ether oxygens (including phenoxy) is 1. The first-order chi connectivity index (χ1) is 15.7. The zero-order chi connectivity index (χ0) is 23.8. The number of halogens is 4. The first-order valence-electron chi connectivity index (χ1n) is 9.48. The Morgan fingerprint density at radius 2 is 2.09 bits per heavy atom. The number of thiazole rings is 1. The van der Waals surface area contributed by atoms with Gasteiger partial charge in [0.05, 0.1) is 28.4 Å². The van der Waals surface area contributed by atoms with Crippen molar-refractivity contribution in [1.82, 2.24) is 10.4 Å². The average molecular weight is 539 g/mol. The maximum atomic E-state index is 12.8. The lowest BCUT2D eigenvalue weighted by Gasteiger charge is -2.08. The molecule has 0 bridgehead atoms. The topological polar surface area (TPSA) is 75.6 Å². The molecule has 0 aliphatic rings. The van der Waals surface area contributed by atoms with Crippen LogP contribution in [0.15, 0.2) is 70.1 Å². The summed E-state index contributed by atoms with van der Waals surface area (Å²) in [5.41, 5.74) is 3.13. The summed E-state index contributed by atoms with van der Waals surface area (Å²) in [5, 5.41) is 8.78. The molecule has 0 aliphatic carbocycles.